The molecule has 8 heteroatoms. The van der Waals surface area contributed by atoms with Crippen LogP contribution >= 0.6 is 0 Å². The van der Waals surface area contributed by atoms with Gasteiger partial charge in [-0.3, -0.25) is 0 Å². The number of nitrogens with one attached hydrogen (secondary N) is 1. The van der Waals surface area contributed by atoms with Gasteiger partial charge in [-0.15, -0.1) is 10.2 Å². The Morgan fingerprint density at radius 3 is 2.65 bits per heavy atom. The Morgan fingerprint density at radius 1 is 1.27 bits per heavy atom. The molecule has 0 aliphatic carbocycles. The van der Waals surface area contributed by atoms with Crippen LogP contribution in [-0.2, 0) is 13.1 Å². The summed E-state index contributed by atoms with van der Waals surface area (Å²) in [5.74, 6) is 3.35. The SMILES string of the molecule is CCCNC(=O)N1CCC(c2nnc(Cn3ccnc3C)n2CC)CC1. The second-order valence-electron chi connectivity index (χ2n) is 6.81. The van der Waals surface area contributed by atoms with Gasteiger partial charge in [0.25, 0.3) is 0 Å². The van der Waals surface area contributed by atoms with Gasteiger partial charge < -0.3 is 19.4 Å². The molecular weight excluding hydrogens is 330 g/mol. The van der Waals surface area contributed by atoms with E-state index in [0.29, 0.717) is 12.5 Å². The van der Waals surface area contributed by atoms with E-state index in [1.54, 1.807) is 0 Å². The number of carbonyl (C=O) groups excluding carboxylic acids is 1. The Balaban J connectivity index is 1.65. The number of hydrogen-bond donors (Lipinski definition) is 1. The first-order valence-electron chi connectivity index (χ1n) is 9.56. The zero-order chi connectivity index (χ0) is 18.5. The number of amides is 2. The van der Waals surface area contributed by atoms with Gasteiger partial charge in [0.15, 0.2) is 5.82 Å². The second-order valence-corrected chi connectivity index (χ2v) is 6.81. The summed E-state index contributed by atoms with van der Waals surface area (Å²) < 4.78 is 4.30. The summed E-state index contributed by atoms with van der Waals surface area (Å²) in [6.07, 6.45) is 6.60. The Hall–Kier alpha value is -2.38. The van der Waals surface area contributed by atoms with E-state index in [9.17, 15) is 4.79 Å². The molecule has 1 aliphatic heterocycles. The molecule has 0 bridgehead atoms. The minimum Gasteiger partial charge on any atom is -0.338 e. The van der Waals surface area contributed by atoms with Gasteiger partial charge in [0.05, 0.1) is 6.54 Å². The molecule has 1 aliphatic rings. The zero-order valence-electron chi connectivity index (χ0n) is 16.0. The third-order valence-electron chi connectivity index (χ3n) is 5.08. The van der Waals surface area contributed by atoms with Crippen LogP contribution in [0.5, 0.6) is 0 Å². The summed E-state index contributed by atoms with van der Waals surface area (Å²) in [7, 11) is 0. The topological polar surface area (TPSA) is 80.9 Å². The van der Waals surface area contributed by atoms with Crippen LogP contribution in [0.1, 0.15) is 56.5 Å². The summed E-state index contributed by atoms with van der Waals surface area (Å²) in [5.41, 5.74) is 0. The first-order chi connectivity index (χ1) is 12.6. The molecule has 2 amide bonds. The molecule has 2 aromatic heterocycles. The molecule has 0 unspecified atom stereocenters. The molecule has 0 spiro atoms. The fourth-order valence-corrected chi connectivity index (χ4v) is 3.52. The molecule has 8 nitrogen and oxygen atoms in total. The lowest BCUT2D eigenvalue weighted by molar-refractivity contribution is 0.180. The van der Waals surface area contributed by atoms with Gasteiger partial charge in [-0.1, -0.05) is 6.92 Å². The summed E-state index contributed by atoms with van der Waals surface area (Å²) in [6, 6.07) is 0.0542. The maximum Gasteiger partial charge on any atom is 0.317 e. The van der Waals surface area contributed by atoms with E-state index in [-0.39, 0.29) is 6.03 Å². The van der Waals surface area contributed by atoms with E-state index >= 15 is 0 Å². The highest BCUT2D eigenvalue weighted by atomic mass is 16.2. The molecular formula is C18H29N7O. The number of likely N-dealkylation sites (tertiary alicyclic amines) is 1. The van der Waals surface area contributed by atoms with Crippen LogP contribution in [0.25, 0.3) is 0 Å². The number of aryl methyl sites for hydroxylation is 1. The lowest BCUT2D eigenvalue weighted by Crippen LogP contribution is -2.44. The predicted molar refractivity (Wildman–Crippen MR) is 99.0 cm³/mol. The summed E-state index contributed by atoms with van der Waals surface area (Å²) in [5, 5.41) is 11.9. The number of carbonyl (C=O) groups is 1. The number of urea groups is 1. The van der Waals surface area contributed by atoms with Gasteiger partial charge in [-0.25, -0.2) is 9.78 Å². The number of piperidine rings is 1. The van der Waals surface area contributed by atoms with Crippen molar-refractivity contribution in [1.82, 2.24) is 34.5 Å². The van der Waals surface area contributed by atoms with Crippen molar-refractivity contribution in [2.75, 3.05) is 19.6 Å². The van der Waals surface area contributed by atoms with E-state index in [4.69, 9.17) is 0 Å². The molecule has 3 rings (SSSR count). The Morgan fingerprint density at radius 2 is 2.04 bits per heavy atom. The van der Waals surface area contributed by atoms with Gasteiger partial charge in [-0.2, -0.15) is 0 Å². The molecule has 0 aromatic carbocycles. The summed E-state index contributed by atoms with van der Waals surface area (Å²) in [4.78, 5) is 18.3. The van der Waals surface area contributed by atoms with Crippen LogP contribution in [0.2, 0.25) is 0 Å². The molecule has 142 valence electrons. The van der Waals surface area contributed by atoms with Crippen molar-refractivity contribution >= 4 is 6.03 Å². The lowest BCUT2D eigenvalue weighted by Gasteiger charge is -2.31. The molecule has 1 fully saturated rings. The van der Waals surface area contributed by atoms with Gasteiger partial charge in [-0.05, 0) is 33.1 Å². The Kier molecular flexibility index (Phi) is 5.90. The number of imidazole rings is 1. The fraction of sp³-hybridized carbons (Fsp3) is 0.667. The van der Waals surface area contributed by atoms with Crippen molar-refractivity contribution in [1.29, 1.82) is 0 Å². The van der Waals surface area contributed by atoms with Crippen LogP contribution in [0.15, 0.2) is 12.4 Å². The highest BCUT2D eigenvalue weighted by Crippen LogP contribution is 2.27. The van der Waals surface area contributed by atoms with Crippen LogP contribution in [0, 0.1) is 6.92 Å². The minimum atomic E-state index is 0.0542. The third kappa shape index (κ3) is 3.89. The second kappa shape index (κ2) is 8.33. The number of hydrogen-bond acceptors (Lipinski definition) is 4. The fourth-order valence-electron chi connectivity index (χ4n) is 3.52. The quantitative estimate of drug-likeness (QED) is 0.857. The molecule has 0 radical (unpaired) electrons. The van der Waals surface area contributed by atoms with Crippen LogP contribution in [0.4, 0.5) is 4.79 Å². The van der Waals surface area contributed by atoms with Gasteiger partial charge >= 0.3 is 6.03 Å². The van der Waals surface area contributed by atoms with Gasteiger partial charge in [0.2, 0.25) is 0 Å². The van der Waals surface area contributed by atoms with E-state index < -0.39 is 0 Å². The van der Waals surface area contributed by atoms with Crippen molar-refractivity contribution in [3.05, 3.63) is 29.9 Å². The smallest absolute Gasteiger partial charge is 0.317 e. The average Bonchev–Trinajstić information content (AvgIpc) is 3.26. The van der Waals surface area contributed by atoms with Crippen molar-refractivity contribution in [3.63, 3.8) is 0 Å². The molecule has 0 atom stereocenters. The average molecular weight is 359 g/mol. The Labute approximate surface area is 154 Å². The van der Waals surface area contributed by atoms with E-state index in [1.807, 2.05) is 24.2 Å². The Bertz CT molecular complexity index is 728. The molecule has 2 aromatic rings. The van der Waals surface area contributed by atoms with Crippen molar-refractivity contribution in [2.45, 2.75) is 59.0 Å². The first-order valence-corrected chi connectivity index (χ1v) is 9.56. The molecule has 1 saturated heterocycles. The van der Waals surface area contributed by atoms with Crippen LogP contribution < -0.4 is 5.32 Å². The van der Waals surface area contributed by atoms with E-state index in [1.165, 1.54) is 0 Å². The highest BCUT2D eigenvalue weighted by Gasteiger charge is 2.27. The van der Waals surface area contributed by atoms with E-state index in [0.717, 1.165) is 62.9 Å². The lowest BCUT2D eigenvalue weighted by atomic mass is 9.96. The predicted octanol–water partition coefficient (Wildman–Crippen LogP) is 2.15. The van der Waals surface area contributed by atoms with Gasteiger partial charge in [0.1, 0.15) is 11.6 Å². The third-order valence-corrected chi connectivity index (χ3v) is 5.08. The van der Waals surface area contributed by atoms with Crippen LogP contribution in [0.3, 0.4) is 0 Å². The number of rotatable bonds is 6. The molecule has 0 saturated carbocycles. The monoisotopic (exact) mass is 359 g/mol. The highest BCUT2D eigenvalue weighted by molar-refractivity contribution is 5.74. The minimum absolute atomic E-state index is 0.0542. The normalized spacial score (nSPS) is 15.4. The van der Waals surface area contributed by atoms with E-state index in [2.05, 4.69) is 43.5 Å². The first kappa shape index (κ1) is 18.4. The van der Waals surface area contributed by atoms with Crippen molar-refractivity contribution in [2.24, 2.45) is 0 Å². The number of aromatic nitrogens is 5. The maximum absolute atomic E-state index is 12.1. The summed E-state index contributed by atoms with van der Waals surface area (Å²) in [6.45, 7) is 10.00. The molecule has 26 heavy (non-hydrogen) atoms. The largest absolute Gasteiger partial charge is 0.338 e. The van der Waals surface area contributed by atoms with Crippen molar-refractivity contribution < 1.29 is 4.79 Å². The molecule has 3 heterocycles. The summed E-state index contributed by atoms with van der Waals surface area (Å²) >= 11 is 0. The number of nitrogens with zero attached hydrogens (tertiary/aromatic N) is 6. The van der Waals surface area contributed by atoms with Crippen molar-refractivity contribution in [3.8, 4) is 0 Å². The standard InChI is InChI=1S/C18H29N7O/c1-4-8-20-18(26)23-10-6-15(7-11-23)17-22-21-16(25(17)5-2)13-24-12-9-19-14(24)3/h9,12,15H,4-8,10-11,13H2,1-3H3,(H,20,26). The van der Waals surface area contributed by atoms with Crippen LogP contribution in [-0.4, -0.2) is 54.9 Å². The maximum atomic E-state index is 12.1. The van der Waals surface area contributed by atoms with Gasteiger partial charge in [0, 0.05) is 44.5 Å². The zero-order valence-corrected chi connectivity index (χ0v) is 16.0. The molecule has 1 N–H and O–H groups in total.